The van der Waals surface area contributed by atoms with Crippen LogP contribution in [0.5, 0.6) is 0 Å². The summed E-state index contributed by atoms with van der Waals surface area (Å²) in [5.41, 5.74) is 1.03. The van der Waals surface area contributed by atoms with Gasteiger partial charge in [-0.15, -0.1) is 0 Å². The van der Waals surface area contributed by atoms with Crippen molar-refractivity contribution >= 4 is 35.4 Å². The second-order valence-corrected chi connectivity index (χ2v) is 34.5. The Morgan fingerprint density at radius 3 is 0.926 bits per heavy atom. The Morgan fingerprint density at radius 1 is 0.304 bits per heavy atom. The van der Waals surface area contributed by atoms with Gasteiger partial charge in [0.25, 0.3) is 35.4 Å². The first-order valence-corrected chi connectivity index (χ1v) is 44.8. The Hall–Kier alpha value is -15.7. The van der Waals surface area contributed by atoms with E-state index in [-0.39, 0.29) is 77.4 Å². The Morgan fingerprint density at radius 2 is 0.608 bits per heavy atom. The first-order chi connectivity index (χ1) is 69.1. The molecule has 1 N–H and O–H groups in total. The van der Waals surface area contributed by atoms with Crippen molar-refractivity contribution in [1.82, 2.24) is 88.1 Å². The van der Waals surface area contributed by atoms with Crippen LogP contribution >= 0.6 is 0 Å². The predicted octanol–water partition coefficient (Wildman–Crippen LogP) is 22.7. The number of halogens is 21. The van der Waals surface area contributed by atoms with Crippen LogP contribution in [0.4, 0.5) is 92.2 Å². The van der Waals surface area contributed by atoms with Gasteiger partial charge in [0.1, 0.15) is 5.69 Å². The van der Waals surface area contributed by atoms with Crippen LogP contribution in [0.1, 0.15) is 147 Å². The molecule has 0 aliphatic heterocycles. The molecule has 786 valence electrons. The molecular formula is C102H99F21N18O7. The molecule has 0 spiro atoms. The zero-order chi connectivity index (χ0) is 110. The van der Waals surface area contributed by atoms with Crippen molar-refractivity contribution in [1.29, 1.82) is 0 Å². The van der Waals surface area contributed by atoms with Crippen LogP contribution in [0.3, 0.4) is 0 Å². The fourth-order valence-corrected chi connectivity index (χ4v) is 14.8. The molecule has 25 nitrogen and oxygen atoms in total. The minimum atomic E-state index is -4.74. The van der Waals surface area contributed by atoms with E-state index in [1.54, 1.807) is 230 Å². The van der Waals surface area contributed by atoms with Crippen molar-refractivity contribution in [3.05, 3.63) is 310 Å². The fraction of sp³-hybridized carbons (Fsp3) is 0.294. The highest BCUT2D eigenvalue weighted by Gasteiger charge is 2.42. The SMILES string of the molecule is CCCn1nc(C(F)(F)F)cc1-c1ccc(C(=O)N(C)C)cc1.CN(C)C(=O)c1ccc(-c2cc(C(F)(F)F)nn2-c2ccc(C(F)(F)F)cc2)cc1.CN(C)C(=O)c1ccc(-c2cc(C(F)(F)F)nn2-c2ccccc2)cc1.CN(C)C(=O)c1ccc(-c2cc(C(F)(F)F)nn2C2CCCC2)cc1.CN(C)C(=O)c1ccc(-c2cc(C(F)(F)F)nn2CCO)cc1.CN(C)C(=O)c1cccc(-c2cc(C(F)(F)F)n(C)n2)c1. The number of aliphatic hydroxyl groups is 1. The Bertz CT molecular complexity index is 6760. The molecule has 1 fully saturated rings. The van der Waals surface area contributed by atoms with Crippen LogP contribution in [-0.2, 0) is 63.4 Å². The third kappa shape index (κ3) is 29.2. The number of carbonyl (C=O) groups is 6. The normalized spacial score (nSPS) is 12.3. The first-order valence-electron chi connectivity index (χ1n) is 44.8. The minimum Gasteiger partial charge on any atom is -0.394 e. The van der Waals surface area contributed by atoms with Gasteiger partial charge in [0.2, 0.25) is 0 Å². The number of para-hydroxylation sites is 1. The van der Waals surface area contributed by atoms with Crippen molar-refractivity contribution in [2.24, 2.45) is 7.05 Å². The molecule has 1 saturated carbocycles. The molecule has 15 rings (SSSR count). The van der Waals surface area contributed by atoms with E-state index < -0.39 is 83.0 Å². The highest BCUT2D eigenvalue weighted by Crippen LogP contribution is 2.43. The monoisotopic (exact) mass is 2090 g/mol. The number of nitrogens with zero attached hydrogens (tertiary/aromatic N) is 18. The van der Waals surface area contributed by atoms with E-state index in [0.29, 0.717) is 102 Å². The average molecular weight is 2090 g/mol. The van der Waals surface area contributed by atoms with Crippen molar-refractivity contribution in [2.45, 2.75) is 101 Å². The summed E-state index contributed by atoms with van der Waals surface area (Å²) in [5, 5.41) is 31.1. The van der Waals surface area contributed by atoms with Gasteiger partial charge in [-0.25, -0.2) is 9.36 Å². The molecule has 0 saturated heterocycles. The lowest BCUT2D eigenvalue weighted by atomic mass is 10.1. The molecule has 8 aromatic carbocycles. The van der Waals surface area contributed by atoms with E-state index in [2.05, 4.69) is 30.6 Å². The molecule has 46 heteroatoms. The molecule has 6 heterocycles. The van der Waals surface area contributed by atoms with Gasteiger partial charge in [-0.2, -0.15) is 123 Å². The van der Waals surface area contributed by atoms with E-state index in [1.807, 2.05) is 6.92 Å². The maximum Gasteiger partial charge on any atom is 0.435 e. The topological polar surface area (TPSA) is 249 Å². The van der Waals surface area contributed by atoms with Crippen molar-refractivity contribution in [2.75, 3.05) is 91.2 Å². The summed E-state index contributed by atoms with van der Waals surface area (Å²) in [6.07, 6.45) is -27.5. The average Bonchev–Trinajstić information content (AvgIpc) is 1.65. The second-order valence-electron chi connectivity index (χ2n) is 34.5. The maximum absolute atomic E-state index is 13.2. The van der Waals surface area contributed by atoms with E-state index in [9.17, 15) is 121 Å². The number of aryl methyl sites for hydroxylation is 2. The molecule has 6 aromatic heterocycles. The van der Waals surface area contributed by atoms with Crippen LogP contribution in [0.25, 0.3) is 78.9 Å². The smallest absolute Gasteiger partial charge is 0.394 e. The Kier molecular flexibility index (Phi) is 36.5. The van der Waals surface area contributed by atoms with Gasteiger partial charge < -0.3 is 34.5 Å². The highest BCUT2D eigenvalue weighted by molar-refractivity contribution is 5.98. The Balaban J connectivity index is 0.000000182. The van der Waals surface area contributed by atoms with Gasteiger partial charge in [-0.3, -0.25) is 47.5 Å². The molecular weight excluding hydrogens is 1990 g/mol. The minimum absolute atomic E-state index is 0.00539. The van der Waals surface area contributed by atoms with Gasteiger partial charge in [-0.1, -0.05) is 111 Å². The molecule has 148 heavy (non-hydrogen) atoms. The lowest BCUT2D eigenvalue weighted by Crippen LogP contribution is -2.21. The van der Waals surface area contributed by atoms with Crippen molar-refractivity contribution < 1.29 is 126 Å². The summed E-state index contributed by atoms with van der Waals surface area (Å²) in [6.45, 7) is 1.88. The van der Waals surface area contributed by atoms with Crippen LogP contribution in [-0.4, -0.2) is 220 Å². The molecule has 14 aromatic rings. The van der Waals surface area contributed by atoms with Crippen LogP contribution in [0.15, 0.2) is 237 Å². The maximum atomic E-state index is 13.2. The van der Waals surface area contributed by atoms with Gasteiger partial charge in [-0.05, 0) is 182 Å². The first kappa shape index (κ1) is 114. The summed E-state index contributed by atoms with van der Waals surface area (Å²) in [4.78, 5) is 80.0. The standard InChI is InChI=1S/C20H15F6N3O.C19H16F3N3O.C18H20F3N3O.C16H18F3N3O.C15H16F3N3O2.C14H14F3N3O/c1-28(2)18(30)13-5-3-12(4-6-13)16-11-17(20(24,25)26)27-29(16)15-9-7-14(8-10-15)19(21,22)23;1-24(2)18(26)14-10-8-13(9-11-14)16-12-17(19(20,21)22)23-25(16)15-6-4-3-5-7-15;1-23(2)17(25)13-9-7-12(8-10-13)15-11-16(18(19,20)21)22-24(15)14-5-3-4-6-14;1-4-9-22-13(10-14(20-22)16(17,18)19)11-5-7-12(8-6-11)15(23)21(2)3;1-20(2)14(23)11-5-3-10(4-6-11)12-9-13(15(16,17)18)19-21(12)7-8-22;1-19(2)13(21)10-6-4-5-9(7-10)11-8-12(14(15,16)17)20(3)18-11/h3-11H,1-2H3;3-12H,1-2H3;7-11,14H,3-6H2,1-2H3;5-8,10H,4,9H2,1-3H3;3-6,9,22H,7-8H2,1-2H3;4-8H,1-3H3. The number of aliphatic hydroxyl groups excluding tert-OH is 1. The van der Waals surface area contributed by atoms with E-state index in [1.165, 1.54) is 80.8 Å². The summed E-state index contributed by atoms with van der Waals surface area (Å²) in [6, 6.07) is 56.0. The molecule has 1 aliphatic carbocycles. The second kappa shape index (κ2) is 47.2. The third-order valence-corrected chi connectivity index (χ3v) is 22.2. The number of aromatic nitrogens is 12. The van der Waals surface area contributed by atoms with Gasteiger partial charge >= 0.3 is 43.2 Å². The van der Waals surface area contributed by atoms with Crippen molar-refractivity contribution in [3.8, 4) is 78.9 Å². The quantitative estimate of drug-likeness (QED) is 0.0741. The number of rotatable bonds is 19. The van der Waals surface area contributed by atoms with Crippen molar-refractivity contribution in [3.63, 3.8) is 0 Å². The number of alkyl halides is 21. The summed E-state index contributed by atoms with van der Waals surface area (Å²) >= 11 is 0. The molecule has 1 aliphatic rings. The molecule has 0 unspecified atom stereocenters. The number of benzene rings is 8. The summed E-state index contributed by atoms with van der Waals surface area (Å²) in [7, 11) is 20.7. The van der Waals surface area contributed by atoms with Crippen LogP contribution < -0.4 is 0 Å². The molecule has 6 amide bonds. The molecule has 0 bridgehead atoms. The number of hydrogen-bond acceptors (Lipinski definition) is 13. The van der Waals surface area contributed by atoms with E-state index in [0.717, 1.165) is 100 Å². The highest BCUT2D eigenvalue weighted by atomic mass is 19.4. The van der Waals surface area contributed by atoms with Crippen LogP contribution in [0, 0.1) is 0 Å². The lowest BCUT2D eigenvalue weighted by molar-refractivity contribution is -0.144. The largest absolute Gasteiger partial charge is 0.435 e. The van der Waals surface area contributed by atoms with Gasteiger partial charge in [0, 0.05) is 148 Å². The number of carbonyl (C=O) groups excluding carboxylic acids is 6. The lowest BCUT2D eigenvalue weighted by Gasteiger charge is -2.15. The zero-order valence-electron chi connectivity index (χ0n) is 81.6. The van der Waals surface area contributed by atoms with Crippen LogP contribution in [0.2, 0.25) is 0 Å². The predicted molar refractivity (Wildman–Crippen MR) is 508 cm³/mol. The van der Waals surface area contributed by atoms with Gasteiger partial charge in [0.15, 0.2) is 28.5 Å². The molecule has 0 radical (unpaired) electrons. The van der Waals surface area contributed by atoms with E-state index >= 15 is 0 Å². The Labute approximate surface area is 834 Å². The third-order valence-electron chi connectivity index (χ3n) is 22.2. The zero-order valence-corrected chi connectivity index (χ0v) is 81.6. The fourth-order valence-electron chi connectivity index (χ4n) is 14.8. The number of amides is 6. The summed E-state index contributed by atoms with van der Waals surface area (Å²) < 4.78 is 279. The van der Waals surface area contributed by atoms with E-state index in [4.69, 9.17) is 5.11 Å². The summed E-state index contributed by atoms with van der Waals surface area (Å²) in [5.74, 6) is -1.18. The number of hydrogen-bond donors (Lipinski definition) is 1. The van der Waals surface area contributed by atoms with Gasteiger partial charge in [0.05, 0.1) is 70.3 Å². The molecule has 0 atom stereocenters.